The number of anilines is 1. The summed E-state index contributed by atoms with van der Waals surface area (Å²) in [7, 11) is 1.71. The first-order valence-corrected chi connectivity index (χ1v) is 5.53. The molecule has 2 aromatic rings. The van der Waals surface area contributed by atoms with Crippen LogP contribution in [0.4, 0.5) is 5.82 Å². The third-order valence-corrected chi connectivity index (χ3v) is 2.71. The van der Waals surface area contributed by atoms with Crippen LogP contribution in [0.1, 0.15) is 16.1 Å². The summed E-state index contributed by atoms with van der Waals surface area (Å²) < 4.78 is 0. The number of pyridine rings is 2. The maximum Gasteiger partial charge on any atom is 0.252 e. The average molecular weight is 242 g/mol. The topological polar surface area (TPSA) is 80.9 Å². The minimum absolute atomic E-state index is 0.384. The van der Waals surface area contributed by atoms with Gasteiger partial charge in [0.1, 0.15) is 5.82 Å². The second-order valence-electron chi connectivity index (χ2n) is 3.87. The Balaban J connectivity index is 2.63. The van der Waals surface area contributed by atoms with E-state index < -0.39 is 5.91 Å². The summed E-state index contributed by atoms with van der Waals surface area (Å²) in [4.78, 5) is 19.7. The number of nitrogens with one attached hydrogen (secondary N) is 1. The van der Waals surface area contributed by atoms with Gasteiger partial charge in [0.05, 0.1) is 5.56 Å². The molecule has 92 valence electrons. The van der Waals surface area contributed by atoms with Gasteiger partial charge in [0, 0.05) is 30.7 Å². The molecule has 2 aromatic heterocycles. The molecule has 0 aliphatic carbocycles. The number of nitrogens with zero attached hydrogens (tertiary/aromatic N) is 2. The normalized spacial score (nSPS) is 10.1. The highest BCUT2D eigenvalue weighted by atomic mass is 16.1. The lowest BCUT2D eigenvalue weighted by Crippen LogP contribution is -2.15. The Bertz CT molecular complexity index is 581. The van der Waals surface area contributed by atoms with Gasteiger partial charge in [0.2, 0.25) is 0 Å². The zero-order chi connectivity index (χ0) is 13.1. The summed E-state index contributed by atoms with van der Waals surface area (Å²) in [5.41, 5.74) is 8.41. The Kier molecular flexibility index (Phi) is 3.23. The molecule has 0 aliphatic heterocycles. The van der Waals surface area contributed by atoms with Crippen molar-refractivity contribution in [1.82, 2.24) is 9.97 Å². The highest BCUT2D eigenvalue weighted by Gasteiger charge is 2.13. The van der Waals surface area contributed by atoms with Gasteiger partial charge in [0.15, 0.2) is 0 Å². The lowest BCUT2D eigenvalue weighted by Gasteiger charge is -2.11. The summed E-state index contributed by atoms with van der Waals surface area (Å²) in [6, 6.07) is 5.49. The Morgan fingerprint density at radius 3 is 2.56 bits per heavy atom. The second-order valence-corrected chi connectivity index (χ2v) is 3.87. The first-order chi connectivity index (χ1) is 8.63. The number of rotatable bonds is 3. The third-order valence-electron chi connectivity index (χ3n) is 2.71. The molecular weight excluding hydrogens is 228 g/mol. The number of carbonyl (C=O) groups excluding carboxylic acids is 1. The van der Waals surface area contributed by atoms with Gasteiger partial charge < -0.3 is 11.1 Å². The zero-order valence-corrected chi connectivity index (χ0v) is 10.3. The molecule has 0 aromatic carbocycles. The van der Waals surface area contributed by atoms with Crippen molar-refractivity contribution in [3.8, 4) is 11.1 Å². The average Bonchev–Trinajstić information content (AvgIpc) is 2.39. The van der Waals surface area contributed by atoms with E-state index in [1.54, 1.807) is 25.5 Å². The molecule has 1 amide bonds. The highest BCUT2D eigenvalue weighted by Crippen LogP contribution is 2.25. The van der Waals surface area contributed by atoms with Gasteiger partial charge in [-0.3, -0.25) is 9.78 Å². The van der Waals surface area contributed by atoms with Crippen molar-refractivity contribution in [1.29, 1.82) is 0 Å². The maximum atomic E-state index is 11.4. The molecule has 0 fully saturated rings. The molecule has 0 atom stereocenters. The smallest absolute Gasteiger partial charge is 0.252 e. The number of aromatic nitrogens is 2. The molecule has 0 saturated heterocycles. The van der Waals surface area contributed by atoms with Gasteiger partial charge in [-0.15, -0.1) is 0 Å². The van der Waals surface area contributed by atoms with Gasteiger partial charge in [-0.25, -0.2) is 4.98 Å². The number of primary amides is 1. The van der Waals surface area contributed by atoms with Gasteiger partial charge in [-0.2, -0.15) is 0 Å². The van der Waals surface area contributed by atoms with Crippen LogP contribution in [0.25, 0.3) is 11.1 Å². The number of aryl methyl sites for hydroxylation is 1. The summed E-state index contributed by atoms with van der Waals surface area (Å²) in [6.45, 7) is 1.89. The number of amides is 1. The third kappa shape index (κ3) is 2.15. The summed E-state index contributed by atoms with van der Waals surface area (Å²) >= 11 is 0. The van der Waals surface area contributed by atoms with Crippen molar-refractivity contribution in [2.75, 3.05) is 12.4 Å². The van der Waals surface area contributed by atoms with Gasteiger partial charge in [-0.1, -0.05) is 0 Å². The van der Waals surface area contributed by atoms with Crippen molar-refractivity contribution < 1.29 is 4.79 Å². The predicted molar refractivity (Wildman–Crippen MR) is 70.3 cm³/mol. The lowest BCUT2D eigenvalue weighted by molar-refractivity contribution is 0.100. The Hall–Kier alpha value is -2.43. The van der Waals surface area contributed by atoms with Crippen LogP contribution in [0.3, 0.4) is 0 Å². The fraction of sp³-hybridized carbons (Fsp3) is 0.154. The minimum Gasteiger partial charge on any atom is -0.372 e. The SMILES string of the molecule is CNc1nc(C)c(-c2ccncc2)cc1C(N)=O. The van der Waals surface area contributed by atoms with Crippen LogP contribution in [0.2, 0.25) is 0 Å². The number of carbonyl (C=O) groups is 1. The van der Waals surface area contributed by atoms with Crippen molar-refractivity contribution >= 4 is 11.7 Å². The molecule has 0 unspecified atom stereocenters. The molecule has 0 spiro atoms. The first kappa shape index (κ1) is 12.0. The summed E-state index contributed by atoms with van der Waals surface area (Å²) in [6.07, 6.45) is 3.40. The van der Waals surface area contributed by atoms with Crippen molar-refractivity contribution in [3.05, 3.63) is 41.9 Å². The first-order valence-electron chi connectivity index (χ1n) is 5.53. The van der Waals surface area contributed by atoms with Crippen LogP contribution < -0.4 is 11.1 Å². The highest BCUT2D eigenvalue weighted by molar-refractivity contribution is 5.99. The van der Waals surface area contributed by atoms with E-state index >= 15 is 0 Å². The molecule has 0 saturated carbocycles. The van der Waals surface area contributed by atoms with Gasteiger partial charge in [0.25, 0.3) is 5.91 Å². The number of hydrogen-bond acceptors (Lipinski definition) is 4. The van der Waals surface area contributed by atoms with Gasteiger partial charge >= 0.3 is 0 Å². The van der Waals surface area contributed by atoms with E-state index in [0.717, 1.165) is 16.8 Å². The molecule has 2 rings (SSSR count). The van der Waals surface area contributed by atoms with Crippen molar-refractivity contribution in [2.45, 2.75) is 6.92 Å². The van der Waals surface area contributed by atoms with E-state index in [1.807, 2.05) is 19.1 Å². The second kappa shape index (κ2) is 4.83. The van der Waals surface area contributed by atoms with E-state index in [9.17, 15) is 4.79 Å². The molecule has 2 heterocycles. The number of hydrogen-bond donors (Lipinski definition) is 2. The van der Waals surface area contributed by atoms with Crippen LogP contribution in [0.15, 0.2) is 30.6 Å². The monoisotopic (exact) mass is 242 g/mol. The van der Waals surface area contributed by atoms with Crippen LogP contribution in [-0.2, 0) is 0 Å². The van der Waals surface area contributed by atoms with E-state index in [-0.39, 0.29) is 0 Å². The van der Waals surface area contributed by atoms with E-state index in [4.69, 9.17) is 5.73 Å². The Labute approximate surface area is 105 Å². The lowest BCUT2D eigenvalue weighted by atomic mass is 10.0. The Morgan fingerprint density at radius 2 is 2.00 bits per heavy atom. The largest absolute Gasteiger partial charge is 0.372 e. The zero-order valence-electron chi connectivity index (χ0n) is 10.3. The molecule has 18 heavy (non-hydrogen) atoms. The predicted octanol–water partition coefficient (Wildman–Crippen LogP) is 1.59. The molecule has 5 nitrogen and oxygen atoms in total. The van der Waals surface area contributed by atoms with Crippen LogP contribution in [-0.4, -0.2) is 22.9 Å². The summed E-state index contributed by atoms with van der Waals surface area (Å²) in [5, 5.41) is 2.87. The summed E-state index contributed by atoms with van der Waals surface area (Å²) in [5.74, 6) is -0.0000350. The van der Waals surface area contributed by atoms with E-state index in [2.05, 4.69) is 15.3 Å². The van der Waals surface area contributed by atoms with Crippen LogP contribution in [0.5, 0.6) is 0 Å². The molecule has 3 N–H and O–H groups in total. The Morgan fingerprint density at radius 1 is 1.33 bits per heavy atom. The van der Waals surface area contributed by atoms with Crippen LogP contribution in [0, 0.1) is 6.92 Å². The van der Waals surface area contributed by atoms with E-state index in [0.29, 0.717) is 11.4 Å². The maximum absolute atomic E-state index is 11.4. The molecule has 0 radical (unpaired) electrons. The van der Waals surface area contributed by atoms with Crippen molar-refractivity contribution in [2.24, 2.45) is 5.73 Å². The standard InChI is InChI=1S/C13H14N4O/c1-8-10(9-3-5-16-6-4-9)7-11(12(14)18)13(15-2)17-8/h3-7H,1-2H3,(H2,14,18)(H,15,17). The molecule has 5 heteroatoms. The quantitative estimate of drug-likeness (QED) is 0.856. The van der Waals surface area contributed by atoms with Crippen LogP contribution >= 0.6 is 0 Å². The fourth-order valence-electron chi connectivity index (χ4n) is 1.81. The molecule has 0 aliphatic rings. The van der Waals surface area contributed by atoms with E-state index in [1.165, 1.54) is 0 Å². The fourth-order valence-corrected chi connectivity index (χ4v) is 1.81. The van der Waals surface area contributed by atoms with Crippen molar-refractivity contribution in [3.63, 3.8) is 0 Å². The number of nitrogens with two attached hydrogens (primary N) is 1. The van der Waals surface area contributed by atoms with Gasteiger partial charge in [-0.05, 0) is 30.7 Å². The minimum atomic E-state index is -0.498. The molecule has 0 bridgehead atoms. The molecular formula is C13H14N4O.